The van der Waals surface area contributed by atoms with Crippen LogP contribution >= 0.6 is 0 Å². The molecule has 7 nitrogen and oxygen atoms in total. The smallest absolute Gasteiger partial charge is 0.314 e. The number of aliphatic hydroxyl groups is 1. The molecule has 1 amide bonds. The van der Waals surface area contributed by atoms with Crippen molar-refractivity contribution in [2.24, 2.45) is 5.41 Å². The number of Topliss-reactive ketones (excluding diaryl/α,β-unsaturated/α-hetero) is 1. The molecule has 2 aliphatic rings. The number of carbonyl (C=O) groups is 3. The van der Waals surface area contributed by atoms with E-state index in [0.29, 0.717) is 42.6 Å². The lowest BCUT2D eigenvalue weighted by molar-refractivity contribution is -0.162. The molecule has 1 aromatic heterocycles. The Balaban J connectivity index is 1.91. The van der Waals surface area contributed by atoms with Crippen molar-refractivity contribution in [3.8, 4) is 0 Å². The van der Waals surface area contributed by atoms with Gasteiger partial charge in [-0.1, -0.05) is 13.3 Å². The zero-order valence-corrected chi connectivity index (χ0v) is 15.3. The molecule has 3 N–H and O–H groups in total. The minimum atomic E-state index is -1.33. The molecule has 0 radical (unpaired) electrons. The molecule has 7 heteroatoms. The first kappa shape index (κ1) is 18.6. The van der Waals surface area contributed by atoms with Gasteiger partial charge >= 0.3 is 5.97 Å². The van der Waals surface area contributed by atoms with E-state index in [0.717, 1.165) is 18.5 Å². The van der Waals surface area contributed by atoms with Crippen LogP contribution in [0.2, 0.25) is 0 Å². The van der Waals surface area contributed by atoms with Crippen LogP contribution in [0, 0.1) is 12.3 Å². The third kappa shape index (κ3) is 2.84. The number of H-pyrrole nitrogens is 1. The molecule has 1 aromatic rings. The lowest BCUT2D eigenvalue weighted by atomic mass is 9.74. The molecule has 1 aliphatic heterocycles. The molecule has 2 heterocycles. The minimum Gasteiger partial charge on any atom is -0.481 e. The first-order valence-corrected chi connectivity index (χ1v) is 9.27. The number of nitrogens with zero attached hydrogens (tertiary/aromatic N) is 1. The van der Waals surface area contributed by atoms with Gasteiger partial charge in [-0.05, 0) is 38.2 Å². The van der Waals surface area contributed by atoms with E-state index in [9.17, 15) is 24.6 Å². The molecule has 2 atom stereocenters. The molecule has 1 fully saturated rings. The Morgan fingerprint density at radius 2 is 2.08 bits per heavy atom. The number of piperidine rings is 1. The highest BCUT2D eigenvalue weighted by molar-refractivity contribution is 6.04. The van der Waals surface area contributed by atoms with Crippen molar-refractivity contribution in [2.75, 3.05) is 13.1 Å². The molecule has 0 unspecified atom stereocenters. The van der Waals surface area contributed by atoms with E-state index >= 15 is 0 Å². The summed E-state index contributed by atoms with van der Waals surface area (Å²) in [5.41, 5.74) is 1.11. The Morgan fingerprint density at radius 1 is 1.35 bits per heavy atom. The molecule has 3 rings (SSSR count). The number of ketones is 1. The monoisotopic (exact) mass is 362 g/mol. The topological polar surface area (TPSA) is 111 Å². The Bertz CT molecular complexity index is 753. The van der Waals surface area contributed by atoms with Crippen LogP contribution in [0.4, 0.5) is 0 Å². The van der Waals surface area contributed by atoms with Crippen LogP contribution in [0.1, 0.15) is 71.1 Å². The largest absolute Gasteiger partial charge is 0.481 e. The van der Waals surface area contributed by atoms with E-state index in [4.69, 9.17) is 0 Å². The number of carbonyl (C=O) groups excluding carboxylic acids is 2. The van der Waals surface area contributed by atoms with E-state index in [-0.39, 0.29) is 24.7 Å². The predicted molar refractivity (Wildman–Crippen MR) is 94.3 cm³/mol. The normalized spacial score (nSPS) is 25.9. The summed E-state index contributed by atoms with van der Waals surface area (Å²) in [5.74, 6) is -1.31. The number of fused-ring (bicyclic) bond motifs is 1. The van der Waals surface area contributed by atoms with Gasteiger partial charge in [-0.25, -0.2) is 0 Å². The Morgan fingerprint density at radius 3 is 2.69 bits per heavy atom. The average molecular weight is 362 g/mol. The van der Waals surface area contributed by atoms with Gasteiger partial charge in [0.05, 0.1) is 6.10 Å². The summed E-state index contributed by atoms with van der Waals surface area (Å²) in [6, 6.07) is 0. The molecule has 0 spiro atoms. The van der Waals surface area contributed by atoms with E-state index in [2.05, 4.69) is 4.98 Å². The van der Waals surface area contributed by atoms with Crippen LogP contribution in [-0.2, 0) is 11.2 Å². The highest BCUT2D eigenvalue weighted by Gasteiger charge is 2.49. The van der Waals surface area contributed by atoms with Crippen molar-refractivity contribution in [3.63, 3.8) is 0 Å². The maximum atomic E-state index is 13.1. The van der Waals surface area contributed by atoms with Gasteiger partial charge in [0, 0.05) is 30.8 Å². The van der Waals surface area contributed by atoms with Crippen molar-refractivity contribution < 1.29 is 24.6 Å². The Hall–Kier alpha value is -2.15. The molecular weight excluding hydrogens is 336 g/mol. The summed E-state index contributed by atoms with van der Waals surface area (Å²) in [4.78, 5) is 41.8. The number of carboxylic acids is 1. The Kier molecular flexibility index (Phi) is 4.92. The maximum Gasteiger partial charge on any atom is 0.314 e. The van der Waals surface area contributed by atoms with Crippen LogP contribution < -0.4 is 0 Å². The number of aromatic nitrogens is 1. The number of aryl methyl sites for hydroxylation is 1. The first-order valence-electron chi connectivity index (χ1n) is 9.27. The summed E-state index contributed by atoms with van der Waals surface area (Å²) in [6.07, 6.45) is 2.19. The van der Waals surface area contributed by atoms with E-state index < -0.39 is 17.5 Å². The van der Waals surface area contributed by atoms with Crippen molar-refractivity contribution in [1.29, 1.82) is 0 Å². The molecule has 1 saturated heterocycles. The van der Waals surface area contributed by atoms with Crippen LogP contribution in [0.5, 0.6) is 0 Å². The fourth-order valence-electron chi connectivity index (χ4n) is 4.41. The second-order valence-electron chi connectivity index (χ2n) is 7.50. The standard InChI is InChI=1S/C19H26N2O5/c1-3-8-19(18(25)26)10-21(9-7-14(19)23)17(24)16-11(2)15-12(20-16)5-4-6-13(15)22/h14,20,23H,3-10H2,1-2H3,(H,25,26)/t14-,19+/m0/s1. The highest BCUT2D eigenvalue weighted by Crippen LogP contribution is 2.36. The summed E-state index contributed by atoms with van der Waals surface area (Å²) >= 11 is 0. The van der Waals surface area contributed by atoms with Crippen molar-refractivity contribution in [1.82, 2.24) is 9.88 Å². The third-order valence-corrected chi connectivity index (χ3v) is 5.84. The number of aliphatic carboxylic acids is 1. The minimum absolute atomic E-state index is 0.0206. The van der Waals surface area contributed by atoms with Gasteiger partial charge in [-0.3, -0.25) is 14.4 Å². The van der Waals surface area contributed by atoms with Crippen LogP contribution in [0.15, 0.2) is 0 Å². The number of likely N-dealkylation sites (tertiary alicyclic amines) is 1. The predicted octanol–water partition coefficient (Wildman–Crippen LogP) is 1.92. The summed E-state index contributed by atoms with van der Waals surface area (Å²) in [7, 11) is 0. The number of amides is 1. The zero-order valence-electron chi connectivity index (χ0n) is 15.3. The molecule has 0 bridgehead atoms. The highest BCUT2D eigenvalue weighted by atomic mass is 16.4. The zero-order chi connectivity index (χ0) is 19.1. The van der Waals surface area contributed by atoms with E-state index in [1.165, 1.54) is 4.90 Å². The van der Waals surface area contributed by atoms with Gasteiger partial charge < -0.3 is 20.1 Å². The number of nitrogens with one attached hydrogen (secondary N) is 1. The second-order valence-corrected chi connectivity index (χ2v) is 7.50. The summed E-state index contributed by atoms with van der Waals surface area (Å²) in [6.45, 7) is 3.91. The number of hydrogen-bond acceptors (Lipinski definition) is 4. The fraction of sp³-hybridized carbons (Fsp3) is 0.632. The molecule has 0 aromatic carbocycles. The van der Waals surface area contributed by atoms with Gasteiger partial charge in [-0.2, -0.15) is 0 Å². The first-order chi connectivity index (χ1) is 12.3. The summed E-state index contributed by atoms with van der Waals surface area (Å²) < 4.78 is 0. The van der Waals surface area contributed by atoms with Crippen molar-refractivity contribution in [2.45, 2.75) is 58.5 Å². The van der Waals surface area contributed by atoms with Crippen LogP contribution in [-0.4, -0.2) is 57.0 Å². The number of aromatic amines is 1. The maximum absolute atomic E-state index is 13.1. The lowest BCUT2D eigenvalue weighted by Gasteiger charge is -2.43. The number of carboxylic acid groups (broad SMARTS) is 1. The fourth-order valence-corrected chi connectivity index (χ4v) is 4.41. The molecule has 26 heavy (non-hydrogen) atoms. The Labute approximate surface area is 152 Å². The quantitative estimate of drug-likeness (QED) is 0.758. The number of rotatable bonds is 4. The van der Waals surface area contributed by atoms with Gasteiger partial charge in [0.15, 0.2) is 5.78 Å². The van der Waals surface area contributed by atoms with Crippen LogP contribution in [0.25, 0.3) is 0 Å². The van der Waals surface area contributed by atoms with Crippen LogP contribution in [0.3, 0.4) is 0 Å². The van der Waals surface area contributed by atoms with Crippen molar-refractivity contribution >= 4 is 17.7 Å². The molecule has 0 saturated carbocycles. The summed E-state index contributed by atoms with van der Waals surface area (Å²) in [5, 5.41) is 20.1. The van der Waals surface area contributed by atoms with Gasteiger partial charge in [0.2, 0.25) is 0 Å². The third-order valence-electron chi connectivity index (χ3n) is 5.84. The average Bonchev–Trinajstić information content (AvgIpc) is 2.94. The van der Waals surface area contributed by atoms with Gasteiger partial charge in [0.1, 0.15) is 11.1 Å². The second kappa shape index (κ2) is 6.87. The lowest BCUT2D eigenvalue weighted by Crippen LogP contribution is -2.57. The molecule has 142 valence electrons. The van der Waals surface area contributed by atoms with Gasteiger partial charge in [-0.15, -0.1) is 0 Å². The number of aliphatic hydroxyl groups excluding tert-OH is 1. The van der Waals surface area contributed by atoms with Crippen molar-refractivity contribution in [3.05, 3.63) is 22.5 Å². The van der Waals surface area contributed by atoms with E-state index in [1.54, 1.807) is 6.92 Å². The SMILES string of the molecule is CCC[C@@]1(C(=O)O)CN(C(=O)c2[nH]c3c(c2C)C(=O)CCC3)CC[C@@H]1O. The molecular formula is C19H26N2O5. The van der Waals surface area contributed by atoms with Gasteiger partial charge in [0.25, 0.3) is 5.91 Å². The number of hydrogen-bond donors (Lipinski definition) is 3. The van der Waals surface area contributed by atoms with E-state index in [1.807, 2.05) is 6.92 Å². The molecule has 1 aliphatic carbocycles.